The zero-order valence-electron chi connectivity index (χ0n) is 12.0. The predicted molar refractivity (Wildman–Crippen MR) is 76.2 cm³/mol. The van der Waals surface area contributed by atoms with Crippen LogP contribution in [0.4, 0.5) is 0 Å². The molecule has 0 aromatic rings. The van der Waals surface area contributed by atoms with Crippen LogP contribution in [0.2, 0.25) is 0 Å². The van der Waals surface area contributed by atoms with Crippen molar-refractivity contribution in [3.63, 3.8) is 0 Å². The molecule has 2 nitrogen and oxygen atoms in total. The van der Waals surface area contributed by atoms with Gasteiger partial charge in [-0.1, -0.05) is 46.0 Å². The Labute approximate surface area is 108 Å². The summed E-state index contributed by atoms with van der Waals surface area (Å²) < 4.78 is 0. The van der Waals surface area contributed by atoms with E-state index in [1.165, 1.54) is 71.0 Å². The van der Waals surface area contributed by atoms with Gasteiger partial charge in [0.25, 0.3) is 0 Å². The van der Waals surface area contributed by atoms with Gasteiger partial charge in [0.2, 0.25) is 0 Å². The third-order valence-corrected chi connectivity index (χ3v) is 4.43. The van der Waals surface area contributed by atoms with E-state index in [2.05, 4.69) is 18.7 Å². The molecule has 0 amide bonds. The first-order valence-electron chi connectivity index (χ1n) is 7.69. The average Bonchev–Trinajstić information content (AvgIpc) is 2.60. The molecule has 17 heavy (non-hydrogen) atoms. The van der Waals surface area contributed by atoms with Gasteiger partial charge in [0.1, 0.15) is 0 Å². The summed E-state index contributed by atoms with van der Waals surface area (Å²) in [5.74, 6) is 0. The summed E-state index contributed by atoms with van der Waals surface area (Å²) in [6.45, 7) is 9.13. The van der Waals surface area contributed by atoms with Gasteiger partial charge in [-0.25, -0.2) is 0 Å². The normalized spacial score (nSPS) is 20.5. The van der Waals surface area contributed by atoms with E-state index < -0.39 is 0 Å². The van der Waals surface area contributed by atoms with E-state index in [0.717, 1.165) is 6.54 Å². The first-order valence-corrected chi connectivity index (χ1v) is 7.69. The first kappa shape index (κ1) is 15.0. The van der Waals surface area contributed by atoms with Crippen LogP contribution in [0.15, 0.2) is 0 Å². The molecule has 1 rings (SSSR count). The molecule has 0 aromatic heterocycles. The van der Waals surface area contributed by atoms with Crippen molar-refractivity contribution in [2.75, 3.05) is 26.2 Å². The fourth-order valence-corrected chi connectivity index (χ4v) is 3.11. The third kappa shape index (κ3) is 4.97. The second-order valence-electron chi connectivity index (χ2n) is 5.84. The molecule has 0 spiro atoms. The summed E-state index contributed by atoms with van der Waals surface area (Å²) in [5, 5.41) is 0. The molecule has 1 saturated carbocycles. The quantitative estimate of drug-likeness (QED) is 0.691. The zero-order chi connectivity index (χ0) is 12.6. The van der Waals surface area contributed by atoms with E-state index >= 15 is 0 Å². The molecule has 2 N–H and O–H groups in total. The summed E-state index contributed by atoms with van der Waals surface area (Å²) in [6, 6.07) is 0. The van der Waals surface area contributed by atoms with Crippen LogP contribution >= 0.6 is 0 Å². The molecule has 1 aliphatic rings. The molecule has 2 heteroatoms. The molecule has 0 aliphatic heterocycles. The molecule has 0 heterocycles. The van der Waals surface area contributed by atoms with Gasteiger partial charge in [-0.3, -0.25) is 0 Å². The van der Waals surface area contributed by atoms with Crippen molar-refractivity contribution in [3.8, 4) is 0 Å². The molecule has 0 aromatic carbocycles. The molecule has 0 bridgehead atoms. The van der Waals surface area contributed by atoms with Crippen LogP contribution < -0.4 is 5.73 Å². The molecular weight excluding hydrogens is 208 g/mol. The third-order valence-electron chi connectivity index (χ3n) is 4.43. The van der Waals surface area contributed by atoms with Gasteiger partial charge in [-0.2, -0.15) is 0 Å². The van der Waals surface area contributed by atoms with Crippen LogP contribution in [0.25, 0.3) is 0 Å². The largest absolute Gasteiger partial charge is 0.330 e. The van der Waals surface area contributed by atoms with Gasteiger partial charge in [0.15, 0.2) is 0 Å². The van der Waals surface area contributed by atoms with E-state index in [-0.39, 0.29) is 0 Å². The molecule has 1 fully saturated rings. The van der Waals surface area contributed by atoms with Crippen LogP contribution in [0.1, 0.15) is 65.2 Å². The van der Waals surface area contributed by atoms with Gasteiger partial charge in [-0.15, -0.1) is 0 Å². The zero-order valence-corrected chi connectivity index (χ0v) is 12.0. The minimum atomic E-state index is 0.431. The van der Waals surface area contributed by atoms with Crippen LogP contribution in [-0.4, -0.2) is 31.1 Å². The van der Waals surface area contributed by atoms with E-state index in [1.54, 1.807) is 0 Å². The van der Waals surface area contributed by atoms with Crippen LogP contribution in [0.3, 0.4) is 0 Å². The molecular formula is C15H32N2. The van der Waals surface area contributed by atoms with Crippen molar-refractivity contribution in [2.24, 2.45) is 11.1 Å². The van der Waals surface area contributed by atoms with Gasteiger partial charge in [0.05, 0.1) is 0 Å². The van der Waals surface area contributed by atoms with E-state index in [4.69, 9.17) is 5.73 Å². The summed E-state index contributed by atoms with van der Waals surface area (Å²) in [4.78, 5) is 2.63. The molecule has 0 atom stereocenters. The second-order valence-corrected chi connectivity index (χ2v) is 5.84. The lowest BCUT2D eigenvalue weighted by Gasteiger charge is -2.37. The number of hydrogen-bond acceptors (Lipinski definition) is 2. The number of unbranched alkanes of at least 4 members (excludes halogenated alkanes) is 1. The maximum absolute atomic E-state index is 6.11. The molecule has 0 saturated heterocycles. The number of rotatable bonds is 7. The first-order chi connectivity index (χ1) is 8.26. The van der Waals surface area contributed by atoms with Crippen molar-refractivity contribution >= 4 is 0 Å². The van der Waals surface area contributed by atoms with E-state index in [0.29, 0.717) is 5.41 Å². The monoisotopic (exact) mass is 240 g/mol. The SMILES string of the molecule is CCCCN(CC)CC1(CN)CCCCCC1. The maximum atomic E-state index is 6.11. The standard InChI is InChI=1S/C15H32N2/c1-3-5-12-17(4-2)14-15(13-16)10-8-6-7-9-11-15/h3-14,16H2,1-2H3. The lowest BCUT2D eigenvalue weighted by molar-refractivity contribution is 0.139. The van der Waals surface area contributed by atoms with E-state index in [1.807, 2.05) is 0 Å². The smallest absolute Gasteiger partial charge is 0.00499 e. The second kappa shape index (κ2) is 8.10. The lowest BCUT2D eigenvalue weighted by atomic mass is 9.80. The molecule has 0 unspecified atom stereocenters. The Hall–Kier alpha value is -0.0800. The Morgan fingerprint density at radius 3 is 2.18 bits per heavy atom. The molecule has 0 radical (unpaired) electrons. The highest BCUT2D eigenvalue weighted by molar-refractivity contribution is 4.85. The average molecular weight is 240 g/mol. The number of hydrogen-bond donors (Lipinski definition) is 1. The Morgan fingerprint density at radius 2 is 1.71 bits per heavy atom. The molecule has 102 valence electrons. The Kier molecular flexibility index (Phi) is 7.14. The summed E-state index contributed by atoms with van der Waals surface area (Å²) in [5.41, 5.74) is 6.54. The summed E-state index contributed by atoms with van der Waals surface area (Å²) in [7, 11) is 0. The van der Waals surface area contributed by atoms with E-state index in [9.17, 15) is 0 Å². The summed E-state index contributed by atoms with van der Waals surface area (Å²) in [6.07, 6.45) is 11.0. The maximum Gasteiger partial charge on any atom is 0.00499 e. The van der Waals surface area contributed by atoms with Crippen molar-refractivity contribution in [3.05, 3.63) is 0 Å². The highest BCUT2D eigenvalue weighted by Gasteiger charge is 2.30. The van der Waals surface area contributed by atoms with Crippen LogP contribution in [0.5, 0.6) is 0 Å². The molecule has 1 aliphatic carbocycles. The van der Waals surface area contributed by atoms with Gasteiger partial charge in [-0.05, 0) is 44.3 Å². The van der Waals surface area contributed by atoms with Gasteiger partial charge >= 0.3 is 0 Å². The fraction of sp³-hybridized carbons (Fsp3) is 1.00. The van der Waals surface area contributed by atoms with Crippen LogP contribution in [0, 0.1) is 5.41 Å². The van der Waals surface area contributed by atoms with Crippen molar-refractivity contribution in [1.29, 1.82) is 0 Å². The minimum absolute atomic E-state index is 0.431. The van der Waals surface area contributed by atoms with Gasteiger partial charge in [0, 0.05) is 6.54 Å². The number of nitrogens with zero attached hydrogens (tertiary/aromatic N) is 1. The minimum Gasteiger partial charge on any atom is -0.330 e. The topological polar surface area (TPSA) is 29.3 Å². The number of nitrogens with two attached hydrogens (primary N) is 1. The highest BCUT2D eigenvalue weighted by atomic mass is 15.1. The van der Waals surface area contributed by atoms with Crippen LogP contribution in [-0.2, 0) is 0 Å². The van der Waals surface area contributed by atoms with Crippen molar-refractivity contribution in [2.45, 2.75) is 65.2 Å². The fourth-order valence-electron chi connectivity index (χ4n) is 3.11. The summed E-state index contributed by atoms with van der Waals surface area (Å²) >= 11 is 0. The Bertz CT molecular complexity index is 183. The van der Waals surface area contributed by atoms with Crippen molar-refractivity contribution < 1.29 is 0 Å². The lowest BCUT2D eigenvalue weighted by Crippen LogP contribution is -2.42. The Balaban J connectivity index is 2.51. The van der Waals surface area contributed by atoms with Gasteiger partial charge < -0.3 is 10.6 Å². The van der Waals surface area contributed by atoms with Crippen molar-refractivity contribution in [1.82, 2.24) is 4.90 Å². The predicted octanol–water partition coefficient (Wildman–Crippen LogP) is 3.41. The Morgan fingerprint density at radius 1 is 1.06 bits per heavy atom. The highest BCUT2D eigenvalue weighted by Crippen LogP contribution is 2.34.